The highest BCUT2D eigenvalue weighted by Gasteiger charge is 2.30. The van der Waals surface area contributed by atoms with E-state index in [1.807, 2.05) is 11.8 Å². The lowest BCUT2D eigenvalue weighted by Gasteiger charge is -2.20. The van der Waals surface area contributed by atoms with E-state index in [1.165, 1.54) is 6.92 Å². The first-order chi connectivity index (χ1) is 7.65. The maximum Gasteiger partial charge on any atom is 0.236 e. The highest BCUT2D eigenvalue weighted by Crippen LogP contribution is 2.26. The van der Waals surface area contributed by atoms with E-state index in [0.717, 1.165) is 19.4 Å². The molecule has 1 aliphatic carbocycles. The fraction of sp³-hybridized carbons (Fsp3) is 0.818. The molecule has 0 spiro atoms. The van der Waals surface area contributed by atoms with E-state index in [0.29, 0.717) is 25.7 Å². The molecule has 1 saturated carbocycles. The van der Waals surface area contributed by atoms with Gasteiger partial charge in [0.05, 0.1) is 6.54 Å². The van der Waals surface area contributed by atoms with Crippen LogP contribution in [0.3, 0.4) is 0 Å². The topological polar surface area (TPSA) is 61.4 Å². The quantitative estimate of drug-likeness (QED) is 0.588. The van der Waals surface area contributed by atoms with E-state index in [2.05, 4.69) is 10.6 Å². The summed E-state index contributed by atoms with van der Waals surface area (Å²) in [6, 6.07) is 0.481. The number of carbonyl (C=O) groups is 2. The van der Waals surface area contributed by atoms with Gasteiger partial charge in [-0.3, -0.25) is 9.59 Å². The van der Waals surface area contributed by atoms with Crippen LogP contribution in [-0.4, -0.2) is 48.9 Å². The van der Waals surface area contributed by atoms with Crippen molar-refractivity contribution in [2.75, 3.05) is 26.2 Å². The first kappa shape index (κ1) is 13.0. The maximum atomic E-state index is 11.7. The first-order valence-electron chi connectivity index (χ1n) is 5.89. The molecular weight excluding hydrogens is 206 g/mol. The summed E-state index contributed by atoms with van der Waals surface area (Å²) >= 11 is 0. The SMILES string of the molecule is CCN(C(=O)CNCCNC(C)=O)C1CC1. The van der Waals surface area contributed by atoms with Crippen LogP contribution < -0.4 is 10.6 Å². The summed E-state index contributed by atoms with van der Waals surface area (Å²) in [5.74, 6) is 0.120. The predicted molar refractivity (Wildman–Crippen MR) is 62.0 cm³/mol. The van der Waals surface area contributed by atoms with Gasteiger partial charge in [0.2, 0.25) is 11.8 Å². The van der Waals surface area contributed by atoms with Crippen molar-refractivity contribution in [2.24, 2.45) is 0 Å². The monoisotopic (exact) mass is 227 g/mol. The number of carbonyl (C=O) groups excluding carboxylic acids is 2. The van der Waals surface area contributed by atoms with E-state index in [9.17, 15) is 9.59 Å². The molecule has 1 fully saturated rings. The summed E-state index contributed by atoms with van der Waals surface area (Å²) in [4.78, 5) is 24.2. The lowest BCUT2D eigenvalue weighted by molar-refractivity contribution is -0.130. The number of nitrogens with zero attached hydrogens (tertiary/aromatic N) is 1. The predicted octanol–water partition coefficient (Wildman–Crippen LogP) is -0.277. The van der Waals surface area contributed by atoms with Gasteiger partial charge in [-0.05, 0) is 19.8 Å². The molecule has 0 radical (unpaired) electrons. The molecule has 1 rings (SSSR count). The van der Waals surface area contributed by atoms with Crippen LogP contribution in [0.25, 0.3) is 0 Å². The molecule has 0 bridgehead atoms. The fourth-order valence-electron chi connectivity index (χ4n) is 1.65. The summed E-state index contributed by atoms with van der Waals surface area (Å²) in [5, 5.41) is 5.70. The molecule has 2 amide bonds. The van der Waals surface area contributed by atoms with Crippen molar-refractivity contribution in [3.8, 4) is 0 Å². The van der Waals surface area contributed by atoms with Gasteiger partial charge in [-0.15, -0.1) is 0 Å². The summed E-state index contributed by atoms with van der Waals surface area (Å²) in [5.41, 5.74) is 0. The minimum atomic E-state index is -0.0405. The van der Waals surface area contributed by atoms with Gasteiger partial charge in [0, 0.05) is 32.6 Å². The van der Waals surface area contributed by atoms with Crippen molar-refractivity contribution in [3.05, 3.63) is 0 Å². The van der Waals surface area contributed by atoms with Gasteiger partial charge in [0.1, 0.15) is 0 Å². The van der Waals surface area contributed by atoms with Crippen molar-refractivity contribution in [2.45, 2.75) is 32.7 Å². The molecule has 0 unspecified atom stereocenters. The smallest absolute Gasteiger partial charge is 0.236 e. The van der Waals surface area contributed by atoms with Gasteiger partial charge in [0.25, 0.3) is 0 Å². The Kier molecular flexibility index (Phi) is 5.25. The van der Waals surface area contributed by atoms with Crippen LogP contribution >= 0.6 is 0 Å². The summed E-state index contributed by atoms with van der Waals surface area (Å²) < 4.78 is 0. The Morgan fingerprint density at radius 1 is 1.31 bits per heavy atom. The van der Waals surface area contributed by atoms with Crippen LogP contribution in [0.2, 0.25) is 0 Å². The van der Waals surface area contributed by atoms with E-state index in [-0.39, 0.29) is 11.8 Å². The molecular formula is C11H21N3O2. The normalized spacial score (nSPS) is 14.6. The van der Waals surface area contributed by atoms with Gasteiger partial charge in [-0.1, -0.05) is 0 Å². The molecule has 2 N–H and O–H groups in total. The van der Waals surface area contributed by atoms with Crippen LogP contribution in [-0.2, 0) is 9.59 Å². The largest absolute Gasteiger partial charge is 0.355 e. The first-order valence-corrected chi connectivity index (χ1v) is 5.89. The zero-order chi connectivity index (χ0) is 12.0. The standard InChI is InChI=1S/C11H21N3O2/c1-3-14(10-4-5-10)11(16)8-12-6-7-13-9(2)15/h10,12H,3-8H2,1-2H3,(H,13,15). The molecule has 0 atom stereocenters. The molecule has 0 aromatic rings. The zero-order valence-corrected chi connectivity index (χ0v) is 10.1. The second-order valence-corrected chi connectivity index (χ2v) is 4.07. The number of hydrogen-bond donors (Lipinski definition) is 2. The third-order valence-electron chi connectivity index (χ3n) is 2.60. The van der Waals surface area contributed by atoms with Gasteiger partial charge in [-0.25, -0.2) is 0 Å². The maximum absolute atomic E-state index is 11.7. The van der Waals surface area contributed by atoms with Gasteiger partial charge in [0.15, 0.2) is 0 Å². The molecule has 0 aromatic carbocycles. The third-order valence-corrected chi connectivity index (χ3v) is 2.60. The molecule has 0 heterocycles. The lowest BCUT2D eigenvalue weighted by atomic mass is 10.4. The van der Waals surface area contributed by atoms with Crippen molar-refractivity contribution in [1.29, 1.82) is 0 Å². The molecule has 0 aliphatic heterocycles. The Morgan fingerprint density at radius 3 is 2.50 bits per heavy atom. The van der Waals surface area contributed by atoms with Crippen molar-refractivity contribution < 1.29 is 9.59 Å². The molecule has 92 valence electrons. The van der Waals surface area contributed by atoms with E-state index in [4.69, 9.17) is 0 Å². The minimum absolute atomic E-state index is 0.0405. The molecule has 16 heavy (non-hydrogen) atoms. The van der Waals surface area contributed by atoms with Crippen LogP contribution in [0.5, 0.6) is 0 Å². The van der Waals surface area contributed by atoms with Crippen molar-refractivity contribution in [1.82, 2.24) is 15.5 Å². The average Bonchev–Trinajstić information content (AvgIpc) is 3.02. The summed E-state index contributed by atoms with van der Waals surface area (Å²) in [7, 11) is 0. The van der Waals surface area contributed by atoms with E-state index >= 15 is 0 Å². The van der Waals surface area contributed by atoms with E-state index < -0.39 is 0 Å². The van der Waals surface area contributed by atoms with Crippen LogP contribution in [0, 0.1) is 0 Å². The van der Waals surface area contributed by atoms with Gasteiger partial charge in [-0.2, -0.15) is 0 Å². The Labute approximate surface area is 96.6 Å². The van der Waals surface area contributed by atoms with Crippen LogP contribution in [0.4, 0.5) is 0 Å². The zero-order valence-electron chi connectivity index (χ0n) is 10.1. The number of likely N-dealkylation sites (N-methyl/N-ethyl adjacent to an activating group) is 1. The molecule has 0 aromatic heterocycles. The molecule has 0 saturated heterocycles. The number of hydrogen-bond acceptors (Lipinski definition) is 3. The summed E-state index contributed by atoms with van der Waals surface area (Å²) in [6.07, 6.45) is 2.29. The molecule has 1 aliphatic rings. The summed E-state index contributed by atoms with van der Waals surface area (Å²) in [6.45, 7) is 5.84. The second kappa shape index (κ2) is 6.48. The number of rotatable bonds is 7. The van der Waals surface area contributed by atoms with E-state index in [1.54, 1.807) is 0 Å². The van der Waals surface area contributed by atoms with Gasteiger partial charge < -0.3 is 15.5 Å². The Bertz CT molecular complexity index is 252. The number of nitrogens with one attached hydrogen (secondary N) is 2. The number of amides is 2. The minimum Gasteiger partial charge on any atom is -0.355 e. The Hall–Kier alpha value is -1.10. The van der Waals surface area contributed by atoms with Crippen LogP contribution in [0.15, 0.2) is 0 Å². The Balaban J connectivity index is 2.07. The second-order valence-electron chi connectivity index (χ2n) is 4.07. The highest BCUT2D eigenvalue weighted by atomic mass is 16.2. The fourth-order valence-corrected chi connectivity index (χ4v) is 1.65. The van der Waals surface area contributed by atoms with Crippen LogP contribution in [0.1, 0.15) is 26.7 Å². The Morgan fingerprint density at radius 2 is 2.00 bits per heavy atom. The lowest BCUT2D eigenvalue weighted by Crippen LogP contribution is -2.41. The molecule has 5 heteroatoms. The van der Waals surface area contributed by atoms with Crippen molar-refractivity contribution in [3.63, 3.8) is 0 Å². The van der Waals surface area contributed by atoms with Crippen molar-refractivity contribution >= 4 is 11.8 Å². The van der Waals surface area contributed by atoms with Gasteiger partial charge >= 0.3 is 0 Å². The highest BCUT2D eigenvalue weighted by molar-refractivity contribution is 5.78. The molecule has 5 nitrogen and oxygen atoms in total. The third kappa shape index (κ3) is 4.61. The average molecular weight is 227 g/mol.